The van der Waals surface area contributed by atoms with E-state index >= 15 is 0 Å². The maximum atomic E-state index is 11.6. The van der Waals surface area contributed by atoms with Crippen LogP contribution in [0.25, 0.3) is 0 Å². The Bertz CT molecular complexity index is 1050. The molecule has 0 aliphatic rings. The van der Waals surface area contributed by atoms with Crippen molar-refractivity contribution in [2.24, 2.45) is 9.98 Å². The van der Waals surface area contributed by atoms with Gasteiger partial charge in [0.2, 0.25) is 17.8 Å². The predicted octanol–water partition coefficient (Wildman–Crippen LogP) is 5.47. The molecule has 0 spiro atoms. The van der Waals surface area contributed by atoms with E-state index in [0.29, 0.717) is 36.8 Å². The van der Waals surface area contributed by atoms with Crippen LogP contribution in [0.4, 0.5) is 0 Å². The van der Waals surface area contributed by atoms with E-state index < -0.39 is 5.66 Å². The second-order valence-electron chi connectivity index (χ2n) is 6.93. The van der Waals surface area contributed by atoms with Crippen molar-refractivity contribution in [1.29, 1.82) is 0 Å². The normalized spacial score (nSPS) is 11.9. The van der Waals surface area contributed by atoms with Crippen molar-refractivity contribution < 1.29 is 9.59 Å². The lowest BCUT2D eigenvalue weighted by Gasteiger charge is -2.29. The van der Waals surface area contributed by atoms with E-state index in [-0.39, 0.29) is 0 Å². The van der Waals surface area contributed by atoms with E-state index in [1.165, 1.54) is 0 Å². The van der Waals surface area contributed by atoms with Gasteiger partial charge in [0.25, 0.3) is 0 Å². The van der Waals surface area contributed by atoms with E-state index in [1.54, 1.807) is 42.5 Å². The molecule has 0 aliphatic heterocycles. The molecule has 2 rings (SSSR count). The van der Waals surface area contributed by atoms with Crippen LogP contribution in [0, 0.1) is 0 Å². The highest BCUT2D eigenvalue weighted by atomic mass is 16.1. The summed E-state index contributed by atoms with van der Waals surface area (Å²) < 4.78 is 0. The first-order valence-corrected chi connectivity index (χ1v) is 9.97. The van der Waals surface area contributed by atoms with Gasteiger partial charge in [0.1, 0.15) is 0 Å². The molecule has 0 bridgehead atoms. The number of isocyanates is 2. The molecule has 0 fully saturated rings. The van der Waals surface area contributed by atoms with Gasteiger partial charge in [-0.3, -0.25) is 0 Å². The van der Waals surface area contributed by atoms with E-state index in [9.17, 15) is 9.59 Å². The van der Waals surface area contributed by atoms with Gasteiger partial charge < -0.3 is 0 Å². The molecule has 0 radical (unpaired) electrons. The summed E-state index contributed by atoms with van der Waals surface area (Å²) in [7, 11) is 0. The summed E-state index contributed by atoms with van der Waals surface area (Å²) in [5.74, 6) is 0. The van der Waals surface area contributed by atoms with Gasteiger partial charge in [-0.1, -0.05) is 60.7 Å². The van der Waals surface area contributed by atoms with E-state index in [1.807, 2.05) is 30.4 Å². The average molecular weight is 411 g/mol. The molecule has 0 N–H and O–H groups in total. The molecule has 156 valence electrons. The zero-order valence-corrected chi connectivity index (χ0v) is 17.6. The Kier molecular flexibility index (Phi) is 8.60. The number of rotatable bonds is 12. The molecule has 0 atom stereocenters. The molecule has 4 heteroatoms. The molecule has 31 heavy (non-hydrogen) atoms. The third kappa shape index (κ3) is 4.84. The van der Waals surface area contributed by atoms with Crippen LogP contribution in [0.2, 0.25) is 0 Å². The Morgan fingerprint density at radius 3 is 1.77 bits per heavy atom. The monoisotopic (exact) mass is 410 g/mol. The zero-order chi connectivity index (χ0) is 22.7. The van der Waals surface area contributed by atoms with Crippen molar-refractivity contribution >= 4 is 12.2 Å². The minimum atomic E-state index is -1.60. The molecule has 2 aromatic rings. The van der Waals surface area contributed by atoms with Crippen molar-refractivity contribution in [3.05, 3.63) is 120 Å². The van der Waals surface area contributed by atoms with Gasteiger partial charge in [0, 0.05) is 11.1 Å². The van der Waals surface area contributed by atoms with Crippen LogP contribution in [0.3, 0.4) is 0 Å². The summed E-state index contributed by atoms with van der Waals surface area (Å²) in [5.41, 5.74) is 3.62. The molecule has 0 aliphatic carbocycles. The largest absolute Gasteiger partial charge is 0.238 e. The number of benzene rings is 2. The van der Waals surface area contributed by atoms with Crippen LogP contribution < -0.4 is 0 Å². The quantitative estimate of drug-likeness (QED) is 0.264. The summed E-state index contributed by atoms with van der Waals surface area (Å²) in [5, 5.41) is 0. The van der Waals surface area contributed by atoms with Gasteiger partial charge in [-0.2, -0.15) is 9.98 Å². The number of hydrogen-bond donors (Lipinski definition) is 0. The Hall–Kier alpha value is -3.84. The van der Waals surface area contributed by atoms with Gasteiger partial charge in [-0.05, 0) is 47.9 Å². The minimum absolute atomic E-state index is 0.494. The SMILES string of the molecule is C=CCc1cc(C(N=C=O)(N=C=O)c2ccccc2)c(CC=C)c(CC=C)c1CC=C. The summed E-state index contributed by atoms with van der Waals surface area (Å²) in [6, 6.07) is 10.9. The minimum Gasteiger partial charge on any atom is -0.211 e. The van der Waals surface area contributed by atoms with Crippen LogP contribution >= 0.6 is 0 Å². The van der Waals surface area contributed by atoms with Crippen LogP contribution in [-0.4, -0.2) is 12.2 Å². The summed E-state index contributed by atoms with van der Waals surface area (Å²) >= 11 is 0. The molecule has 0 heterocycles. The number of allylic oxidation sites excluding steroid dienone is 4. The van der Waals surface area contributed by atoms with Gasteiger partial charge in [0.05, 0.1) is 0 Å². The number of hydrogen-bond acceptors (Lipinski definition) is 4. The molecule has 0 aromatic heterocycles. The highest BCUT2D eigenvalue weighted by Gasteiger charge is 2.38. The van der Waals surface area contributed by atoms with Gasteiger partial charge in [-0.25, -0.2) is 9.59 Å². The lowest BCUT2D eigenvalue weighted by Crippen LogP contribution is -2.26. The molecule has 0 unspecified atom stereocenters. The van der Waals surface area contributed by atoms with Gasteiger partial charge >= 0.3 is 0 Å². The maximum Gasteiger partial charge on any atom is 0.238 e. The van der Waals surface area contributed by atoms with Crippen LogP contribution in [-0.2, 0) is 40.9 Å². The van der Waals surface area contributed by atoms with Crippen molar-refractivity contribution in [2.45, 2.75) is 31.3 Å². The fraction of sp³-hybridized carbons (Fsp3) is 0.185. The fourth-order valence-electron chi connectivity index (χ4n) is 3.94. The standard InChI is InChI=1S/C27H26N2O2/c1-5-12-21-18-26(25(15-8-4)24(14-7-3)23(21)13-6-2)27(28-19-30,29-20-31)22-16-10-9-11-17-22/h5-11,16-18H,1-4,12-15H2. The van der Waals surface area contributed by atoms with E-state index in [0.717, 1.165) is 22.3 Å². The summed E-state index contributed by atoms with van der Waals surface area (Å²) in [6.45, 7) is 15.6. The first kappa shape index (κ1) is 23.4. The number of nitrogens with zero attached hydrogens (tertiary/aromatic N) is 2. The second-order valence-corrected chi connectivity index (χ2v) is 6.93. The smallest absolute Gasteiger partial charge is 0.211 e. The molecule has 0 amide bonds. The molecule has 0 saturated heterocycles. The van der Waals surface area contributed by atoms with Crippen molar-refractivity contribution in [3.63, 3.8) is 0 Å². The second kappa shape index (κ2) is 11.4. The predicted molar refractivity (Wildman–Crippen MR) is 126 cm³/mol. The topological polar surface area (TPSA) is 58.9 Å². The highest BCUT2D eigenvalue weighted by Crippen LogP contribution is 2.41. The van der Waals surface area contributed by atoms with Crippen LogP contribution in [0.1, 0.15) is 33.4 Å². The number of aliphatic imine (C=N–C) groups is 2. The third-order valence-corrected chi connectivity index (χ3v) is 5.14. The molecular weight excluding hydrogens is 384 g/mol. The number of carbonyl (C=O) groups excluding carboxylic acids is 2. The van der Waals surface area contributed by atoms with Crippen molar-refractivity contribution in [1.82, 2.24) is 0 Å². The lowest BCUT2D eigenvalue weighted by atomic mass is 9.79. The Morgan fingerprint density at radius 2 is 1.26 bits per heavy atom. The summed E-state index contributed by atoms with van der Waals surface area (Å²) in [6.07, 6.45) is 12.8. The van der Waals surface area contributed by atoms with Crippen molar-refractivity contribution in [2.75, 3.05) is 0 Å². The average Bonchev–Trinajstić information content (AvgIpc) is 2.78. The van der Waals surface area contributed by atoms with E-state index in [4.69, 9.17) is 0 Å². The zero-order valence-electron chi connectivity index (χ0n) is 17.6. The molecule has 4 nitrogen and oxygen atoms in total. The van der Waals surface area contributed by atoms with E-state index in [2.05, 4.69) is 36.3 Å². The molecular formula is C27H26N2O2. The molecule has 0 saturated carbocycles. The molecule has 2 aromatic carbocycles. The first-order valence-electron chi connectivity index (χ1n) is 9.97. The Balaban J connectivity index is 3.12. The maximum absolute atomic E-state index is 11.6. The lowest BCUT2D eigenvalue weighted by molar-refractivity contribution is 0.514. The Labute approximate surface area is 183 Å². The van der Waals surface area contributed by atoms with Crippen molar-refractivity contribution in [3.8, 4) is 0 Å². The van der Waals surface area contributed by atoms with Gasteiger partial charge in [0.15, 0.2) is 0 Å². The first-order chi connectivity index (χ1) is 15.1. The fourth-order valence-corrected chi connectivity index (χ4v) is 3.94. The van der Waals surface area contributed by atoms with Crippen LogP contribution in [0.5, 0.6) is 0 Å². The summed E-state index contributed by atoms with van der Waals surface area (Å²) in [4.78, 5) is 31.2. The third-order valence-electron chi connectivity index (χ3n) is 5.14. The van der Waals surface area contributed by atoms with Crippen LogP contribution in [0.15, 0.2) is 97.0 Å². The Morgan fingerprint density at radius 1 is 0.742 bits per heavy atom. The van der Waals surface area contributed by atoms with Gasteiger partial charge in [-0.15, -0.1) is 26.3 Å². The highest BCUT2D eigenvalue weighted by molar-refractivity contribution is 5.57.